The third kappa shape index (κ3) is 2.81. The van der Waals surface area contributed by atoms with Gasteiger partial charge in [-0.05, 0) is 29.3 Å². The summed E-state index contributed by atoms with van der Waals surface area (Å²) in [6.45, 7) is 0. The van der Waals surface area contributed by atoms with Crippen LogP contribution in [0, 0.1) is 0 Å². The van der Waals surface area contributed by atoms with Crippen molar-refractivity contribution >= 4 is 29.2 Å². The predicted octanol–water partition coefficient (Wildman–Crippen LogP) is 3.87. The Kier molecular flexibility index (Phi) is 3.71. The molecule has 1 heterocycles. The zero-order valence-corrected chi connectivity index (χ0v) is 10.6. The average molecular weight is 269 g/mol. The van der Waals surface area contributed by atoms with E-state index in [1.54, 1.807) is 13.3 Å². The number of benzene rings is 1. The second-order valence-electron chi connectivity index (χ2n) is 3.37. The molecule has 0 atom stereocenters. The summed E-state index contributed by atoms with van der Waals surface area (Å²) in [6.07, 6.45) is 1.71. The van der Waals surface area contributed by atoms with Gasteiger partial charge in [0.15, 0.2) is 0 Å². The first-order chi connectivity index (χ1) is 8.20. The molecule has 0 fully saturated rings. The minimum atomic E-state index is 0.586. The van der Waals surface area contributed by atoms with Crippen LogP contribution < -0.4 is 8.67 Å². The van der Waals surface area contributed by atoms with Gasteiger partial charge in [0.25, 0.3) is 0 Å². The van der Waals surface area contributed by atoms with Gasteiger partial charge in [-0.1, -0.05) is 12.1 Å². The third-order valence-electron chi connectivity index (χ3n) is 2.34. The first-order valence-electron chi connectivity index (χ1n) is 4.93. The summed E-state index contributed by atoms with van der Waals surface area (Å²) in [5, 5.41) is 0. The smallest absolute Gasteiger partial charge is 0.213 e. The Morgan fingerprint density at radius 2 is 1.76 bits per heavy atom. The molecule has 0 unspecified atom stereocenters. The lowest BCUT2D eigenvalue weighted by molar-refractivity contribution is 0.398. The maximum absolute atomic E-state index is 5.62. The predicted molar refractivity (Wildman–Crippen MR) is 70.4 cm³/mol. The van der Waals surface area contributed by atoms with Crippen LogP contribution >= 0.6 is 23.6 Å². The number of hydrogen-bond donors (Lipinski definition) is 0. The second kappa shape index (κ2) is 5.25. The van der Waals surface area contributed by atoms with Crippen molar-refractivity contribution in [3.63, 3.8) is 0 Å². The van der Waals surface area contributed by atoms with Crippen molar-refractivity contribution in [3.05, 3.63) is 42.6 Å². The number of nitrogens with zero attached hydrogens (tertiary/aromatic N) is 2. The van der Waals surface area contributed by atoms with E-state index >= 15 is 0 Å². The molecule has 3 nitrogen and oxygen atoms in total. The van der Waals surface area contributed by atoms with E-state index in [2.05, 4.69) is 4.98 Å². The zero-order valence-electron chi connectivity index (χ0n) is 9.10. The average Bonchev–Trinajstić information content (AvgIpc) is 2.39. The molecule has 0 N–H and O–H groups in total. The number of ether oxygens (including phenoxy) is 1. The van der Waals surface area contributed by atoms with Crippen molar-refractivity contribution in [2.24, 2.45) is 0 Å². The minimum absolute atomic E-state index is 0.586. The summed E-state index contributed by atoms with van der Waals surface area (Å²) in [5.41, 5.74) is 2.79. The molecule has 0 aliphatic carbocycles. The van der Waals surface area contributed by atoms with Gasteiger partial charge in [0.2, 0.25) is 5.88 Å². The molecule has 0 aliphatic rings. The van der Waals surface area contributed by atoms with Crippen molar-refractivity contribution in [3.8, 4) is 17.0 Å². The molecule has 0 aliphatic heterocycles. The fraction of sp³-hybridized carbons (Fsp3) is 0.0833. The van der Waals surface area contributed by atoms with E-state index in [0.29, 0.717) is 5.88 Å². The molecule has 0 radical (unpaired) electrons. The monoisotopic (exact) mass is 268 g/mol. The number of rotatable bonds is 3. The van der Waals surface area contributed by atoms with Crippen molar-refractivity contribution in [1.29, 1.82) is 0 Å². The lowest BCUT2D eigenvalue weighted by Crippen LogP contribution is -1.91. The van der Waals surface area contributed by atoms with E-state index < -0.39 is 0 Å². The Hall–Kier alpha value is -1.45. The SMILES string of the molecule is COc1cc(-c2ccc(N(Cl)Cl)cc2)ccn1. The molecule has 0 saturated carbocycles. The van der Waals surface area contributed by atoms with E-state index in [1.807, 2.05) is 36.4 Å². The first-order valence-corrected chi connectivity index (χ1v) is 5.60. The standard InChI is InChI=1S/C12H10Cl2N2O/c1-17-12-8-10(6-7-15-12)9-2-4-11(5-3-9)16(13)14/h2-8H,1H3. The Labute approximate surface area is 110 Å². The molecule has 88 valence electrons. The highest BCUT2D eigenvalue weighted by Gasteiger charge is 2.02. The summed E-state index contributed by atoms with van der Waals surface area (Å²) >= 11 is 11.2. The molecule has 0 spiro atoms. The largest absolute Gasteiger partial charge is 0.481 e. The summed E-state index contributed by atoms with van der Waals surface area (Å²) in [5.74, 6) is 0.586. The highest BCUT2D eigenvalue weighted by Crippen LogP contribution is 2.26. The molecule has 1 aromatic carbocycles. The summed E-state index contributed by atoms with van der Waals surface area (Å²) in [7, 11) is 1.59. The van der Waals surface area contributed by atoms with Crippen LogP contribution in [0.1, 0.15) is 0 Å². The molecular weight excluding hydrogens is 259 g/mol. The van der Waals surface area contributed by atoms with Crippen LogP contribution in [0.2, 0.25) is 0 Å². The normalized spacial score (nSPS) is 10.1. The van der Waals surface area contributed by atoms with Gasteiger partial charge in [0.1, 0.15) is 0 Å². The van der Waals surface area contributed by atoms with Crippen molar-refractivity contribution in [2.75, 3.05) is 11.0 Å². The fourth-order valence-electron chi connectivity index (χ4n) is 1.47. The van der Waals surface area contributed by atoms with Gasteiger partial charge in [-0.2, -0.15) is 3.94 Å². The summed E-state index contributed by atoms with van der Waals surface area (Å²) in [6, 6.07) is 11.3. The Balaban J connectivity index is 2.32. The third-order valence-corrected chi connectivity index (χ3v) is 2.73. The van der Waals surface area contributed by atoms with Crippen molar-refractivity contribution < 1.29 is 4.74 Å². The molecule has 0 amide bonds. The van der Waals surface area contributed by atoms with Gasteiger partial charge in [-0.15, -0.1) is 0 Å². The maximum Gasteiger partial charge on any atom is 0.213 e. The van der Waals surface area contributed by atoms with Crippen LogP contribution in [-0.2, 0) is 0 Å². The Morgan fingerprint density at radius 3 is 2.35 bits per heavy atom. The van der Waals surface area contributed by atoms with Crippen LogP contribution in [0.4, 0.5) is 5.69 Å². The van der Waals surface area contributed by atoms with Crippen LogP contribution in [-0.4, -0.2) is 12.1 Å². The van der Waals surface area contributed by atoms with Gasteiger partial charge in [0.05, 0.1) is 12.8 Å². The molecule has 2 rings (SSSR count). The van der Waals surface area contributed by atoms with E-state index in [1.165, 1.54) is 0 Å². The topological polar surface area (TPSA) is 25.4 Å². The van der Waals surface area contributed by atoms with Crippen LogP contribution in [0.15, 0.2) is 42.6 Å². The quantitative estimate of drug-likeness (QED) is 0.791. The molecule has 1 aromatic heterocycles. The second-order valence-corrected chi connectivity index (χ2v) is 4.22. The number of anilines is 1. The summed E-state index contributed by atoms with van der Waals surface area (Å²) in [4.78, 5) is 4.06. The molecule has 17 heavy (non-hydrogen) atoms. The fourth-order valence-corrected chi connectivity index (χ4v) is 1.69. The number of hydrogen-bond acceptors (Lipinski definition) is 3. The van der Waals surface area contributed by atoms with E-state index in [0.717, 1.165) is 20.8 Å². The number of aromatic nitrogens is 1. The van der Waals surface area contributed by atoms with Gasteiger partial charge < -0.3 is 4.74 Å². The van der Waals surface area contributed by atoms with Crippen molar-refractivity contribution in [2.45, 2.75) is 0 Å². The van der Waals surface area contributed by atoms with E-state index in [-0.39, 0.29) is 0 Å². The molecule has 0 bridgehead atoms. The number of halogens is 2. The Bertz CT molecular complexity index is 500. The minimum Gasteiger partial charge on any atom is -0.481 e. The molecule has 2 aromatic rings. The van der Waals surface area contributed by atoms with Gasteiger partial charge in [0, 0.05) is 35.8 Å². The van der Waals surface area contributed by atoms with E-state index in [9.17, 15) is 0 Å². The van der Waals surface area contributed by atoms with Gasteiger partial charge >= 0.3 is 0 Å². The van der Waals surface area contributed by atoms with Crippen LogP contribution in [0.5, 0.6) is 5.88 Å². The number of methoxy groups -OCH3 is 1. The van der Waals surface area contributed by atoms with Crippen molar-refractivity contribution in [1.82, 2.24) is 4.98 Å². The van der Waals surface area contributed by atoms with Crippen LogP contribution in [0.25, 0.3) is 11.1 Å². The highest BCUT2D eigenvalue weighted by molar-refractivity contribution is 6.49. The van der Waals surface area contributed by atoms with Gasteiger partial charge in [-0.3, -0.25) is 0 Å². The van der Waals surface area contributed by atoms with Gasteiger partial charge in [-0.25, -0.2) is 4.98 Å². The molecule has 0 saturated heterocycles. The highest BCUT2D eigenvalue weighted by atomic mass is 35.5. The van der Waals surface area contributed by atoms with Crippen LogP contribution in [0.3, 0.4) is 0 Å². The summed E-state index contributed by atoms with van der Waals surface area (Å²) < 4.78 is 6.10. The van der Waals surface area contributed by atoms with E-state index in [4.69, 9.17) is 28.3 Å². The molecule has 5 heteroatoms. The zero-order chi connectivity index (χ0) is 12.3. The lowest BCUT2D eigenvalue weighted by atomic mass is 10.1. The lowest BCUT2D eigenvalue weighted by Gasteiger charge is -2.07. The maximum atomic E-state index is 5.62. The first kappa shape index (κ1) is 12.0. The Morgan fingerprint density at radius 1 is 1.06 bits per heavy atom. The molecular formula is C12H10Cl2N2O. The number of pyridine rings is 1.